The van der Waals surface area contributed by atoms with Crippen molar-refractivity contribution < 1.29 is 4.74 Å². The first kappa shape index (κ1) is 12.7. The zero-order valence-electron chi connectivity index (χ0n) is 9.91. The lowest BCUT2D eigenvalue weighted by molar-refractivity contribution is 0.0655. The Kier molecular flexibility index (Phi) is 6.63. The van der Waals surface area contributed by atoms with Crippen LogP contribution in [0.25, 0.3) is 0 Å². The summed E-state index contributed by atoms with van der Waals surface area (Å²) in [5.74, 6) is 0. The van der Waals surface area contributed by atoms with E-state index >= 15 is 0 Å². The molecule has 1 aliphatic rings. The maximum absolute atomic E-state index is 5.49. The fourth-order valence-corrected chi connectivity index (χ4v) is 3.15. The van der Waals surface area contributed by atoms with E-state index < -0.39 is 0 Å². The van der Waals surface area contributed by atoms with Crippen LogP contribution in [-0.2, 0) is 4.74 Å². The summed E-state index contributed by atoms with van der Waals surface area (Å²) in [7, 11) is 1.32. The molecule has 2 rings (SSSR count). The van der Waals surface area contributed by atoms with Gasteiger partial charge in [0, 0.05) is 22.6 Å². The van der Waals surface area contributed by atoms with Crippen molar-refractivity contribution in [2.75, 3.05) is 6.61 Å². The summed E-state index contributed by atoms with van der Waals surface area (Å²) in [6.45, 7) is 3.36. The second-order valence-corrected chi connectivity index (χ2v) is 6.93. The maximum Gasteiger partial charge on any atom is 0.0525 e. The van der Waals surface area contributed by atoms with E-state index in [9.17, 15) is 0 Å². The molecule has 0 aromatic heterocycles. The number of hydrogen-bond acceptors (Lipinski definition) is 1. The Morgan fingerprint density at radius 2 is 2.00 bits per heavy atom. The second kappa shape index (κ2) is 7.85. The van der Waals surface area contributed by atoms with Crippen LogP contribution in [0.15, 0.2) is 30.3 Å². The van der Waals surface area contributed by atoms with Crippen LogP contribution in [0.1, 0.15) is 19.3 Å². The number of benzene rings is 1. The first-order chi connectivity index (χ1) is 7.33. The van der Waals surface area contributed by atoms with Crippen molar-refractivity contribution in [2.45, 2.75) is 31.5 Å². The van der Waals surface area contributed by atoms with E-state index in [2.05, 4.69) is 30.8 Å². The first-order valence-corrected chi connectivity index (χ1v) is 9.19. The standard InChI is InChI=1S/C6H14OSi.C6H8Si/c1-8-6-4-2-3-5-7-6;7-6-4-2-1-3-5-6/h6H,2-5,8H2,1H3;1-5H,7H3. The SMILES string of the molecule is C[SiH2]C1CCCCO1.[SiH3]c1ccccc1. The molecule has 1 aliphatic heterocycles. The van der Waals surface area contributed by atoms with Crippen LogP contribution in [0.3, 0.4) is 0 Å². The lowest BCUT2D eigenvalue weighted by atomic mass is 10.2. The first-order valence-electron chi connectivity index (χ1n) is 5.96. The third kappa shape index (κ3) is 5.92. The van der Waals surface area contributed by atoms with E-state index in [1.807, 2.05) is 6.07 Å². The van der Waals surface area contributed by atoms with Crippen LogP contribution in [0.2, 0.25) is 6.55 Å². The van der Waals surface area contributed by atoms with Crippen molar-refractivity contribution in [3.63, 3.8) is 0 Å². The summed E-state index contributed by atoms with van der Waals surface area (Å²) in [4.78, 5) is 0. The van der Waals surface area contributed by atoms with Gasteiger partial charge in [-0.3, -0.25) is 0 Å². The molecule has 1 aromatic carbocycles. The zero-order chi connectivity index (χ0) is 10.9. The largest absolute Gasteiger partial charge is 0.382 e. The maximum atomic E-state index is 5.49. The minimum atomic E-state index is 0.146. The van der Waals surface area contributed by atoms with Crippen LogP contribution >= 0.6 is 0 Å². The Morgan fingerprint density at radius 3 is 2.33 bits per heavy atom. The molecule has 0 bridgehead atoms. The fraction of sp³-hybridized carbons (Fsp3) is 0.500. The smallest absolute Gasteiger partial charge is 0.0525 e. The molecule has 3 heteroatoms. The molecule has 0 aliphatic carbocycles. The molecule has 0 radical (unpaired) electrons. The Bertz CT molecular complexity index is 245. The van der Waals surface area contributed by atoms with Gasteiger partial charge in [0.25, 0.3) is 0 Å². The lowest BCUT2D eigenvalue weighted by Crippen LogP contribution is -2.23. The molecule has 1 heterocycles. The molecule has 84 valence electrons. The summed E-state index contributed by atoms with van der Waals surface area (Å²) in [6, 6.07) is 10.5. The van der Waals surface area contributed by atoms with Crippen LogP contribution in [0.5, 0.6) is 0 Å². The molecule has 1 saturated heterocycles. The van der Waals surface area contributed by atoms with E-state index in [1.54, 1.807) is 0 Å². The number of hydrogen-bond donors (Lipinski definition) is 0. The van der Waals surface area contributed by atoms with E-state index in [4.69, 9.17) is 4.74 Å². The van der Waals surface area contributed by atoms with Gasteiger partial charge in [0.05, 0.1) is 9.52 Å². The highest BCUT2D eigenvalue weighted by Gasteiger charge is 2.10. The topological polar surface area (TPSA) is 9.23 Å². The fourth-order valence-electron chi connectivity index (χ4n) is 1.66. The quantitative estimate of drug-likeness (QED) is 0.644. The van der Waals surface area contributed by atoms with Gasteiger partial charge in [0.15, 0.2) is 0 Å². The molecule has 0 amide bonds. The van der Waals surface area contributed by atoms with Gasteiger partial charge in [0.1, 0.15) is 0 Å². The summed E-state index contributed by atoms with van der Waals surface area (Å²) < 4.78 is 5.49. The minimum Gasteiger partial charge on any atom is -0.382 e. The molecule has 15 heavy (non-hydrogen) atoms. The highest BCUT2D eigenvalue weighted by Crippen LogP contribution is 2.10. The summed E-state index contributed by atoms with van der Waals surface area (Å²) in [5.41, 5.74) is 0.726. The van der Waals surface area contributed by atoms with E-state index in [1.165, 1.54) is 34.7 Å². The van der Waals surface area contributed by atoms with Crippen molar-refractivity contribution >= 4 is 24.9 Å². The summed E-state index contributed by atoms with van der Waals surface area (Å²) in [5, 5.41) is 1.46. The predicted molar refractivity (Wildman–Crippen MR) is 74.0 cm³/mol. The molecule has 1 unspecified atom stereocenters. The number of rotatable bonds is 1. The summed E-state index contributed by atoms with van der Waals surface area (Å²) in [6.07, 6.45) is 4.05. The average molecular weight is 238 g/mol. The Morgan fingerprint density at radius 1 is 1.27 bits per heavy atom. The van der Waals surface area contributed by atoms with Gasteiger partial charge < -0.3 is 4.74 Å². The molecular weight excluding hydrogens is 216 g/mol. The van der Waals surface area contributed by atoms with E-state index in [0.717, 1.165) is 12.3 Å². The highest BCUT2D eigenvalue weighted by molar-refractivity contribution is 6.35. The summed E-state index contributed by atoms with van der Waals surface area (Å²) >= 11 is 0. The average Bonchev–Trinajstić information content (AvgIpc) is 2.32. The van der Waals surface area contributed by atoms with Crippen LogP contribution < -0.4 is 5.19 Å². The van der Waals surface area contributed by atoms with Gasteiger partial charge in [0.2, 0.25) is 0 Å². The molecule has 1 nitrogen and oxygen atoms in total. The van der Waals surface area contributed by atoms with Gasteiger partial charge >= 0.3 is 0 Å². The highest BCUT2D eigenvalue weighted by atomic mass is 28.2. The molecule has 1 fully saturated rings. The minimum absolute atomic E-state index is 0.146. The predicted octanol–water partition coefficient (Wildman–Crippen LogP) is 0.407. The second-order valence-electron chi connectivity index (χ2n) is 4.05. The van der Waals surface area contributed by atoms with Crippen molar-refractivity contribution in [2.24, 2.45) is 0 Å². The molecular formula is C12H22OSi2. The Hall–Kier alpha value is -0.386. The van der Waals surface area contributed by atoms with Crippen LogP contribution in [0, 0.1) is 0 Å². The van der Waals surface area contributed by atoms with Gasteiger partial charge in [-0.2, -0.15) is 0 Å². The molecule has 0 saturated carbocycles. The molecule has 1 atom stereocenters. The van der Waals surface area contributed by atoms with Gasteiger partial charge in [-0.1, -0.05) is 42.1 Å². The normalized spacial score (nSPS) is 21.3. The van der Waals surface area contributed by atoms with Crippen molar-refractivity contribution in [1.82, 2.24) is 0 Å². The van der Waals surface area contributed by atoms with Crippen LogP contribution in [0.4, 0.5) is 0 Å². The third-order valence-electron chi connectivity index (χ3n) is 2.67. The van der Waals surface area contributed by atoms with E-state index in [0.29, 0.717) is 0 Å². The molecule has 0 spiro atoms. The van der Waals surface area contributed by atoms with Gasteiger partial charge in [-0.05, 0) is 19.3 Å². The van der Waals surface area contributed by atoms with Gasteiger partial charge in [-0.25, -0.2) is 0 Å². The van der Waals surface area contributed by atoms with Crippen molar-refractivity contribution in [3.05, 3.63) is 30.3 Å². The van der Waals surface area contributed by atoms with E-state index in [-0.39, 0.29) is 9.52 Å². The van der Waals surface area contributed by atoms with Crippen molar-refractivity contribution in [1.29, 1.82) is 0 Å². The van der Waals surface area contributed by atoms with Crippen LogP contribution in [-0.4, -0.2) is 32.1 Å². The third-order valence-corrected chi connectivity index (χ3v) is 4.89. The lowest BCUT2D eigenvalue weighted by Gasteiger charge is -2.20. The number of ether oxygens (including phenoxy) is 1. The monoisotopic (exact) mass is 238 g/mol. The zero-order valence-corrected chi connectivity index (χ0v) is 13.3. The molecule has 0 N–H and O–H groups in total. The Labute approximate surface area is 98.5 Å². The van der Waals surface area contributed by atoms with Crippen molar-refractivity contribution in [3.8, 4) is 0 Å². The van der Waals surface area contributed by atoms with Gasteiger partial charge in [-0.15, -0.1) is 0 Å². The molecule has 1 aromatic rings. The Balaban J connectivity index is 0.000000151.